The number of likely N-dealkylation sites (N-methyl/N-ethyl adjacent to an activating group) is 1. The zero-order chi connectivity index (χ0) is 25.7. The summed E-state index contributed by atoms with van der Waals surface area (Å²) in [5.74, 6) is -0.527. The Kier molecular flexibility index (Phi) is 8.80. The molecule has 0 radical (unpaired) electrons. The largest absolute Gasteiger partial charge is 0.374 e. The van der Waals surface area contributed by atoms with Crippen molar-refractivity contribution in [3.63, 3.8) is 0 Å². The summed E-state index contributed by atoms with van der Waals surface area (Å²) in [4.78, 5) is 41.9. The van der Waals surface area contributed by atoms with Gasteiger partial charge in [0.2, 0.25) is 17.7 Å². The molecule has 2 fully saturated rings. The Labute approximate surface area is 214 Å². The molecule has 2 aliphatic heterocycles. The Morgan fingerprint density at radius 1 is 1.14 bits per heavy atom. The molecule has 4 rings (SSSR count). The first kappa shape index (κ1) is 26.4. The maximum atomic E-state index is 13.9. The van der Waals surface area contributed by atoms with Gasteiger partial charge in [0, 0.05) is 12.5 Å². The van der Waals surface area contributed by atoms with Crippen LogP contribution in [0, 0.1) is 0 Å². The third-order valence-corrected chi connectivity index (χ3v) is 7.96. The van der Waals surface area contributed by atoms with Crippen LogP contribution in [0.5, 0.6) is 0 Å². The average molecular weight is 497 g/mol. The number of aryl methyl sites for hydroxylation is 1. The minimum Gasteiger partial charge on any atom is -0.374 e. The van der Waals surface area contributed by atoms with Gasteiger partial charge in [-0.15, -0.1) is 6.58 Å². The zero-order valence-electron chi connectivity index (χ0n) is 21.5. The van der Waals surface area contributed by atoms with Crippen LogP contribution in [0.3, 0.4) is 0 Å². The molecular formula is C28H40N4O4. The van der Waals surface area contributed by atoms with E-state index < -0.39 is 18.1 Å². The molecule has 0 spiro atoms. The topological polar surface area (TPSA) is 99.8 Å². The van der Waals surface area contributed by atoms with E-state index in [9.17, 15) is 14.4 Å². The Morgan fingerprint density at radius 2 is 1.92 bits per heavy atom. The van der Waals surface area contributed by atoms with Gasteiger partial charge in [-0.1, -0.05) is 30.3 Å². The molecule has 1 aliphatic carbocycles. The van der Waals surface area contributed by atoms with Gasteiger partial charge in [-0.05, 0) is 70.0 Å². The van der Waals surface area contributed by atoms with E-state index in [0.717, 1.165) is 38.5 Å². The fourth-order valence-corrected chi connectivity index (χ4v) is 5.87. The van der Waals surface area contributed by atoms with Crippen molar-refractivity contribution in [1.29, 1.82) is 0 Å². The summed E-state index contributed by atoms with van der Waals surface area (Å²) in [5, 5.41) is 9.11. The van der Waals surface area contributed by atoms with Gasteiger partial charge in [0.15, 0.2) is 0 Å². The molecule has 8 nitrogen and oxygen atoms in total. The quantitative estimate of drug-likeness (QED) is 0.480. The van der Waals surface area contributed by atoms with Gasteiger partial charge in [0.25, 0.3) is 0 Å². The number of amides is 3. The van der Waals surface area contributed by atoms with Crippen molar-refractivity contribution in [3.05, 3.63) is 48.0 Å². The van der Waals surface area contributed by atoms with E-state index in [2.05, 4.69) is 34.7 Å². The van der Waals surface area contributed by atoms with Crippen LogP contribution in [0.2, 0.25) is 0 Å². The lowest BCUT2D eigenvalue weighted by Gasteiger charge is -2.38. The van der Waals surface area contributed by atoms with Crippen molar-refractivity contribution >= 4 is 17.7 Å². The molecule has 1 aromatic rings. The molecule has 3 N–H and O–H groups in total. The van der Waals surface area contributed by atoms with Crippen LogP contribution >= 0.6 is 0 Å². The summed E-state index contributed by atoms with van der Waals surface area (Å²) in [5.41, 5.74) is 2.46. The maximum absolute atomic E-state index is 13.9. The third kappa shape index (κ3) is 5.81. The highest BCUT2D eigenvalue weighted by Crippen LogP contribution is 2.34. The zero-order valence-corrected chi connectivity index (χ0v) is 21.5. The smallest absolute Gasteiger partial charge is 0.246 e. The van der Waals surface area contributed by atoms with Gasteiger partial charge in [0.1, 0.15) is 12.1 Å². The van der Waals surface area contributed by atoms with Gasteiger partial charge in [-0.25, -0.2) is 0 Å². The van der Waals surface area contributed by atoms with Crippen molar-refractivity contribution in [2.45, 2.75) is 94.6 Å². The highest BCUT2D eigenvalue weighted by atomic mass is 16.5. The number of carbonyl (C=O) groups is 3. The molecule has 0 unspecified atom stereocenters. The average Bonchev–Trinajstić information content (AvgIpc) is 3.31. The van der Waals surface area contributed by atoms with Crippen molar-refractivity contribution in [2.75, 3.05) is 13.7 Å². The first-order valence-corrected chi connectivity index (χ1v) is 13.3. The monoisotopic (exact) mass is 496 g/mol. The predicted octanol–water partition coefficient (Wildman–Crippen LogP) is 2.39. The second-order valence-corrected chi connectivity index (χ2v) is 10.3. The summed E-state index contributed by atoms with van der Waals surface area (Å²) in [6, 6.07) is 6.51. The second-order valence-electron chi connectivity index (χ2n) is 10.3. The van der Waals surface area contributed by atoms with E-state index in [4.69, 9.17) is 4.74 Å². The molecule has 6 atom stereocenters. The standard InChI is InChI=1S/C28H40N4O4/c1-4-16-36-21-14-12-20-13-15-25(32(20)28(35)24(17-21)31-26(33)18(2)29-3)27(34)30-23-11-7-9-19-8-5-6-10-22(19)23/h4-6,8,10,18,20-21,23-25,29H,1,7,9,11-17H2,2-3H3,(H,30,34)(H,31,33)/t18-,20-,21+,23+,24-,25-/m0/s1. The van der Waals surface area contributed by atoms with Gasteiger partial charge in [-0.3, -0.25) is 14.4 Å². The number of ether oxygens (including phenoxy) is 1. The fraction of sp³-hybridized carbons (Fsp3) is 0.607. The van der Waals surface area contributed by atoms with Crippen molar-refractivity contribution in [2.24, 2.45) is 0 Å². The first-order valence-electron chi connectivity index (χ1n) is 13.3. The molecule has 0 aromatic heterocycles. The van der Waals surface area contributed by atoms with Crippen LogP contribution in [-0.2, 0) is 25.5 Å². The Balaban J connectivity index is 1.52. The fourth-order valence-electron chi connectivity index (χ4n) is 5.87. The van der Waals surface area contributed by atoms with Gasteiger partial charge in [0.05, 0.1) is 24.8 Å². The Hall–Kier alpha value is -2.71. The molecule has 1 aromatic carbocycles. The summed E-state index contributed by atoms with van der Waals surface area (Å²) >= 11 is 0. The van der Waals surface area contributed by atoms with E-state index in [1.807, 2.05) is 12.1 Å². The van der Waals surface area contributed by atoms with Crippen LogP contribution in [0.25, 0.3) is 0 Å². The van der Waals surface area contributed by atoms with Gasteiger partial charge < -0.3 is 25.6 Å². The minimum absolute atomic E-state index is 0.0324. The van der Waals surface area contributed by atoms with Crippen molar-refractivity contribution < 1.29 is 19.1 Å². The van der Waals surface area contributed by atoms with Crippen LogP contribution in [0.1, 0.15) is 69.0 Å². The van der Waals surface area contributed by atoms with Gasteiger partial charge in [-0.2, -0.15) is 0 Å². The SMILES string of the molecule is C=CCO[C@@H]1CC[C@H]2CC[C@@H](C(=O)N[C@@H]3CCCc4ccccc43)N2C(=O)[C@@H](NC(=O)[C@H](C)NC)C1. The lowest BCUT2D eigenvalue weighted by atomic mass is 9.87. The second kappa shape index (κ2) is 12.0. The molecular weight excluding hydrogens is 456 g/mol. The van der Waals surface area contributed by atoms with Crippen LogP contribution in [0.4, 0.5) is 0 Å². The number of rotatable bonds is 8. The summed E-state index contributed by atoms with van der Waals surface area (Å²) in [6.07, 6.45) is 7.81. The number of hydrogen-bond donors (Lipinski definition) is 3. The molecule has 3 aliphatic rings. The maximum Gasteiger partial charge on any atom is 0.246 e. The van der Waals surface area contributed by atoms with Crippen LogP contribution < -0.4 is 16.0 Å². The molecule has 0 bridgehead atoms. The number of benzene rings is 1. The minimum atomic E-state index is -0.741. The highest BCUT2D eigenvalue weighted by molar-refractivity contribution is 5.94. The Bertz CT molecular complexity index is 967. The van der Waals surface area contributed by atoms with E-state index in [-0.39, 0.29) is 35.9 Å². The van der Waals surface area contributed by atoms with Crippen LogP contribution in [0.15, 0.2) is 36.9 Å². The number of nitrogens with zero attached hydrogens (tertiary/aromatic N) is 1. The summed E-state index contributed by atoms with van der Waals surface area (Å²) in [7, 11) is 1.71. The predicted molar refractivity (Wildman–Crippen MR) is 138 cm³/mol. The lowest BCUT2D eigenvalue weighted by molar-refractivity contribution is -0.146. The molecule has 3 amide bonds. The highest BCUT2D eigenvalue weighted by Gasteiger charge is 2.45. The number of fused-ring (bicyclic) bond motifs is 2. The van der Waals surface area contributed by atoms with E-state index >= 15 is 0 Å². The summed E-state index contributed by atoms with van der Waals surface area (Å²) in [6.45, 7) is 5.88. The van der Waals surface area contributed by atoms with E-state index in [0.29, 0.717) is 19.4 Å². The van der Waals surface area contributed by atoms with Crippen molar-refractivity contribution in [1.82, 2.24) is 20.9 Å². The number of nitrogens with one attached hydrogen (secondary N) is 3. The number of carbonyl (C=O) groups excluding carboxylic acids is 3. The third-order valence-electron chi connectivity index (χ3n) is 7.96. The molecule has 196 valence electrons. The van der Waals surface area contributed by atoms with E-state index in [1.165, 1.54) is 11.1 Å². The normalized spacial score (nSPS) is 28.8. The number of hydrogen-bond acceptors (Lipinski definition) is 5. The molecule has 2 heterocycles. The molecule has 8 heteroatoms. The summed E-state index contributed by atoms with van der Waals surface area (Å²) < 4.78 is 5.94. The lowest BCUT2D eigenvalue weighted by Crippen LogP contribution is -2.59. The van der Waals surface area contributed by atoms with E-state index in [1.54, 1.807) is 24.9 Å². The molecule has 0 saturated carbocycles. The molecule has 2 saturated heterocycles. The van der Waals surface area contributed by atoms with Crippen LogP contribution in [-0.4, -0.2) is 66.5 Å². The molecule has 36 heavy (non-hydrogen) atoms. The van der Waals surface area contributed by atoms with Crippen molar-refractivity contribution in [3.8, 4) is 0 Å². The van der Waals surface area contributed by atoms with Gasteiger partial charge >= 0.3 is 0 Å². The Morgan fingerprint density at radius 3 is 2.69 bits per heavy atom. The first-order chi connectivity index (χ1) is 17.4.